The summed E-state index contributed by atoms with van der Waals surface area (Å²) < 4.78 is 5.25. The van der Waals surface area contributed by atoms with Gasteiger partial charge in [-0.3, -0.25) is 39.6 Å². The van der Waals surface area contributed by atoms with Gasteiger partial charge in [0.05, 0.1) is 16.5 Å². The van der Waals surface area contributed by atoms with Crippen molar-refractivity contribution in [1.82, 2.24) is 9.80 Å². The number of non-ortho nitro benzene ring substituents is 2. The fourth-order valence-corrected chi connectivity index (χ4v) is 5.46. The number of carbonyl (C=O) groups excluding carboxylic acids is 4. The Labute approximate surface area is 221 Å². The summed E-state index contributed by atoms with van der Waals surface area (Å²) in [5, 5.41) is 22.5. The van der Waals surface area contributed by atoms with Gasteiger partial charge in [0.15, 0.2) is 0 Å². The van der Waals surface area contributed by atoms with E-state index in [9.17, 15) is 39.4 Å². The van der Waals surface area contributed by atoms with E-state index in [1.54, 1.807) is 13.0 Å². The number of amides is 4. The van der Waals surface area contributed by atoms with Crippen molar-refractivity contribution in [2.24, 2.45) is 5.41 Å². The molecule has 2 atom stereocenters. The van der Waals surface area contributed by atoms with Gasteiger partial charge in [-0.25, -0.2) is 9.59 Å². The lowest BCUT2D eigenvalue weighted by molar-refractivity contribution is -0.385. The SMILES string of the molecule is CCOC(=O)C1=CC[C@@H](c2ccc([N+](=O)[O-])cc2)C2(C(=O)N(C)C(=O)N(C)C2=O)[C@H]1c1ccc([N+](=O)[O-])cc1. The van der Waals surface area contributed by atoms with E-state index in [0.29, 0.717) is 5.56 Å². The smallest absolute Gasteiger partial charge is 0.334 e. The van der Waals surface area contributed by atoms with Crippen LogP contribution in [0.2, 0.25) is 0 Å². The number of nitro groups is 2. The molecule has 4 amide bonds. The largest absolute Gasteiger partial charge is 0.463 e. The monoisotopic (exact) mass is 536 g/mol. The third-order valence-electron chi connectivity index (χ3n) is 7.24. The first kappa shape index (κ1) is 27.1. The number of urea groups is 1. The Hall–Kier alpha value is -4.94. The highest BCUT2D eigenvalue weighted by Crippen LogP contribution is 2.58. The molecule has 2 aliphatic rings. The molecular weight excluding hydrogens is 512 g/mol. The Morgan fingerprint density at radius 3 is 1.79 bits per heavy atom. The summed E-state index contributed by atoms with van der Waals surface area (Å²) in [5.74, 6) is -4.81. The van der Waals surface area contributed by atoms with Gasteiger partial charge in [0, 0.05) is 55.8 Å². The number of benzene rings is 2. The molecule has 1 aliphatic heterocycles. The summed E-state index contributed by atoms with van der Waals surface area (Å²) in [6, 6.07) is 9.56. The lowest BCUT2D eigenvalue weighted by Crippen LogP contribution is -2.67. The second-order valence-corrected chi connectivity index (χ2v) is 9.18. The zero-order valence-electron chi connectivity index (χ0n) is 21.2. The fraction of sp³-hybridized carbons (Fsp3) is 0.308. The molecule has 13 heteroatoms. The van der Waals surface area contributed by atoms with Gasteiger partial charge in [0.1, 0.15) is 5.41 Å². The van der Waals surface area contributed by atoms with Crippen molar-refractivity contribution in [3.8, 4) is 0 Å². The summed E-state index contributed by atoms with van der Waals surface area (Å²) in [7, 11) is 2.44. The number of hydrogen-bond acceptors (Lipinski definition) is 9. The van der Waals surface area contributed by atoms with Crippen LogP contribution in [0, 0.1) is 25.6 Å². The van der Waals surface area contributed by atoms with Gasteiger partial charge in [-0.05, 0) is 24.5 Å². The number of nitro benzene ring substituents is 2. The minimum atomic E-state index is -2.10. The molecule has 0 radical (unpaired) electrons. The maximum atomic E-state index is 14.2. The summed E-state index contributed by atoms with van der Waals surface area (Å²) >= 11 is 0. The number of carbonyl (C=O) groups is 4. The fourth-order valence-electron chi connectivity index (χ4n) is 5.46. The van der Waals surface area contributed by atoms with Crippen LogP contribution in [0.15, 0.2) is 60.2 Å². The van der Waals surface area contributed by atoms with E-state index >= 15 is 0 Å². The van der Waals surface area contributed by atoms with Crippen LogP contribution >= 0.6 is 0 Å². The van der Waals surface area contributed by atoms with Crippen molar-refractivity contribution >= 4 is 35.2 Å². The molecule has 39 heavy (non-hydrogen) atoms. The molecule has 0 saturated carbocycles. The van der Waals surface area contributed by atoms with Gasteiger partial charge in [-0.1, -0.05) is 30.3 Å². The van der Waals surface area contributed by atoms with Gasteiger partial charge >= 0.3 is 12.0 Å². The molecule has 0 unspecified atom stereocenters. The minimum absolute atomic E-state index is 0.00210. The third-order valence-corrected chi connectivity index (χ3v) is 7.24. The number of ether oxygens (including phenoxy) is 1. The molecule has 1 aliphatic carbocycles. The second kappa shape index (κ2) is 10.1. The predicted molar refractivity (Wildman–Crippen MR) is 134 cm³/mol. The summed E-state index contributed by atoms with van der Waals surface area (Å²) in [6.07, 6.45) is 1.53. The van der Waals surface area contributed by atoms with Crippen molar-refractivity contribution in [3.05, 3.63) is 91.5 Å². The lowest BCUT2D eigenvalue weighted by atomic mass is 9.54. The van der Waals surface area contributed by atoms with E-state index in [2.05, 4.69) is 0 Å². The van der Waals surface area contributed by atoms with Crippen molar-refractivity contribution in [2.45, 2.75) is 25.2 Å². The van der Waals surface area contributed by atoms with Crippen molar-refractivity contribution in [2.75, 3.05) is 20.7 Å². The number of rotatable bonds is 6. The number of esters is 1. The number of hydrogen-bond donors (Lipinski definition) is 0. The van der Waals surface area contributed by atoms with Crippen LogP contribution in [-0.4, -0.2) is 64.2 Å². The number of nitrogens with zero attached hydrogens (tertiary/aromatic N) is 4. The van der Waals surface area contributed by atoms with Crippen LogP contribution in [0.5, 0.6) is 0 Å². The maximum absolute atomic E-state index is 14.2. The Bertz CT molecular complexity index is 1390. The third kappa shape index (κ3) is 4.21. The van der Waals surface area contributed by atoms with Gasteiger partial charge in [-0.15, -0.1) is 0 Å². The molecule has 0 bridgehead atoms. The zero-order valence-corrected chi connectivity index (χ0v) is 21.2. The number of barbiturate groups is 1. The van der Waals surface area contributed by atoms with E-state index in [-0.39, 0.29) is 35.5 Å². The Kier molecular flexibility index (Phi) is 7.01. The summed E-state index contributed by atoms with van der Waals surface area (Å²) in [6.45, 7) is 1.59. The van der Waals surface area contributed by atoms with Crippen molar-refractivity contribution in [3.63, 3.8) is 0 Å². The van der Waals surface area contributed by atoms with Gasteiger partial charge in [-0.2, -0.15) is 0 Å². The topological polar surface area (TPSA) is 170 Å². The Morgan fingerprint density at radius 1 is 0.897 bits per heavy atom. The molecule has 0 aromatic heterocycles. The van der Waals surface area contributed by atoms with Crippen LogP contribution in [0.1, 0.15) is 36.3 Å². The molecule has 1 saturated heterocycles. The molecule has 1 spiro atoms. The number of imide groups is 2. The van der Waals surface area contributed by atoms with Gasteiger partial charge in [0.25, 0.3) is 11.4 Å². The van der Waals surface area contributed by atoms with E-state index in [1.165, 1.54) is 62.6 Å². The number of allylic oxidation sites excluding steroid dienone is 1. The van der Waals surface area contributed by atoms with Gasteiger partial charge in [0.2, 0.25) is 11.8 Å². The van der Waals surface area contributed by atoms with Crippen molar-refractivity contribution < 1.29 is 33.8 Å². The summed E-state index contributed by atoms with van der Waals surface area (Å²) in [4.78, 5) is 77.2. The molecular formula is C26H24N4O9. The van der Waals surface area contributed by atoms with Gasteiger partial charge < -0.3 is 4.74 Å². The molecule has 0 N–H and O–H groups in total. The van der Waals surface area contributed by atoms with Crippen LogP contribution in [0.3, 0.4) is 0 Å². The lowest BCUT2D eigenvalue weighted by Gasteiger charge is -2.51. The van der Waals surface area contributed by atoms with E-state index in [4.69, 9.17) is 4.74 Å². The predicted octanol–water partition coefficient (Wildman–Crippen LogP) is 3.30. The molecule has 1 fully saturated rings. The first-order chi connectivity index (χ1) is 18.5. The molecule has 1 heterocycles. The molecule has 2 aromatic rings. The van der Waals surface area contributed by atoms with E-state index in [1.807, 2.05) is 0 Å². The Balaban J connectivity index is 2.05. The molecule has 13 nitrogen and oxygen atoms in total. The van der Waals surface area contributed by atoms with Crippen LogP contribution in [-0.2, 0) is 19.1 Å². The van der Waals surface area contributed by atoms with Crippen LogP contribution < -0.4 is 0 Å². The first-order valence-corrected chi connectivity index (χ1v) is 11.9. The van der Waals surface area contributed by atoms with Crippen LogP contribution in [0.25, 0.3) is 0 Å². The minimum Gasteiger partial charge on any atom is -0.463 e. The molecule has 2 aromatic carbocycles. The normalized spacial score (nSPS) is 20.6. The molecule has 4 rings (SSSR count). The first-order valence-electron chi connectivity index (χ1n) is 11.9. The maximum Gasteiger partial charge on any atom is 0.334 e. The zero-order chi connectivity index (χ0) is 28.6. The Morgan fingerprint density at radius 2 is 1.36 bits per heavy atom. The highest BCUT2D eigenvalue weighted by molar-refractivity contribution is 6.21. The average Bonchev–Trinajstić information content (AvgIpc) is 2.93. The standard InChI is InChI=1S/C26H24N4O9/c1-4-39-22(31)19-13-14-20(15-5-9-17(10-6-15)29(35)36)26(23(32)27(2)25(34)28(3)24(26)33)21(19)16-7-11-18(12-8-16)30(37)38/h5-13,20-21H,4,14H2,1-3H3/t20-,21-/m0/s1. The second-order valence-electron chi connectivity index (χ2n) is 9.18. The van der Waals surface area contributed by atoms with E-state index in [0.717, 1.165) is 9.80 Å². The average molecular weight is 536 g/mol. The van der Waals surface area contributed by atoms with Crippen molar-refractivity contribution in [1.29, 1.82) is 0 Å². The highest BCUT2D eigenvalue weighted by atomic mass is 16.6. The van der Waals surface area contributed by atoms with E-state index < -0.39 is 50.9 Å². The van der Waals surface area contributed by atoms with Crippen LogP contribution in [0.4, 0.5) is 16.2 Å². The molecule has 202 valence electrons. The highest BCUT2D eigenvalue weighted by Gasteiger charge is 2.66. The quantitative estimate of drug-likeness (QED) is 0.232. The summed E-state index contributed by atoms with van der Waals surface area (Å²) in [5.41, 5.74) is -1.93.